The largest absolute Gasteiger partial charge is 0.476 e. The topological polar surface area (TPSA) is 192 Å². The standard InChI is InChI=1S/C30H31F2N9O4/c1-16-10-18(2-3-20(16)29(43)38-12-17(34)13-39-30(44)22-11-19(42)14-36-22)40-27-28-37-15-23(41(28)8-7-35-27)21-4-5-24(45-9-6-33)26(32)25(21)31/h2-5,7-8,10,15,17,19,22,36,42H,9,11-14,34H2,1H3,(H,35,40)(H,38,43)(H,39,44)/t17-,19-,22+/m1/s1. The van der Waals surface area contributed by atoms with E-state index in [1.807, 2.05) is 0 Å². The van der Waals surface area contributed by atoms with Crippen LogP contribution in [0.1, 0.15) is 22.3 Å². The summed E-state index contributed by atoms with van der Waals surface area (Å²) in [5.41, 5.74) is 8.33. The Balaban J connectivity index is 1.22. The molecule has 1 fully saturated rings. The van der Waals surface area contributed by atoms with E-state index in [1.165, 1.54) is 24.5 Å². The molecule has 0 saturated carbocycles. The summed E-state index contributed by atoms with van der Waals surface area (Å²) in [5, 5.41) is 29.8. The summed E-state index contributed by atoms with van der Waals surface area (Å²) in [4.78, 5) is 33.7. The number of nitrogens with zero attached hydrogens (tertiary/aromatic N) is 4. The fourth-order valence-corrected chi connectivity index (χ4v) is 4.95. The minimum Gasteiger partial charge on any atom is -0.476 e. The number of halogens is 2. The molecule has 0 radical (unpaired) electrons. The molecule has 234 valence electrons. The minimum atomic E-state index is -1.21. The Bertz CT molecular complexity index is 1770. The highest BCUT2D eigenvalue weighted by molar-refractivity contribution is 5.96. The summed E-state index contributed by atoms with van der Waals surface area (Å²) in [6.07, 6.45) is 4.22. The van der Waals surface area contributed by atoms with Crippen molar-refractivity contribution in [3.05, 3.63) is 71.7 Å². The lowest BCUT2D eigenvalue weighted by molar-refractivity contribution is -0.123. The van der Waals surface area contributed by atoms with Gasteiger partial charge in [-0.05, 0) is 49.2 Å². The minimum absolute atomic E-state index is 0.0552. The van der Waals surface area contributed by atoms with Crippen molar-refractivity contribution in [2.75, 3.05) is 31.6 Å². The van der Waals surface area contributed by atoms with E-state index < -0.39 is 36.4 Å². The predicted molar refractivity (Wildman–Crippen MR) is 160 cm³/mol. The normalized spacial score (nSPS) is 16.6. The van der Waals surface area contributed by atoms with Gasteiger partial charge in [0.1, 0.15) is 6.07 Å². The third-order valence-electron chi connectivity index (χ3n) is 7.26. The molecule has 1 aliphatic rings. The molecular formula is C30H31F2N9O4. The molecule has 1 saturated heterocycles. The van der Waals surface area contributed by atoms with Crippen molar-refractivity contribution in [1.29, 1.82) is 5.26 Å². The highest BCUT2D eigenvalue weighted by Gasteiger charge is 2.28. The van der Waals surface area contributed by atoms with E-state index in [2.05, 4.69) is 31.2 Å². The van der Waals surface area contributed by atoms with E-state index in [9.17, 15) is 23.5 Å². The lowest BCUT2D eigenvalue weighted by Gasteiger charge is -2.17. The molecule has 5 rings (SSSR count). The van der Waals surface area contributed by atoms with Crippen LogP contribution >= 0.6 is 0 Å². The van der Waals surface area contributed by atoms with Gasteiger partial charge in [0.15, 0.2) is 29.6 Å². The van der Waals surface area contributed by atoms with Gasteiger partial charge in [0.05, 0.1) is 24.0 Å². The van der Waals surface area contributed by atoms with Crippen molar-refractivity contribution in [1.82, 2.24) is 30.3 Å². The van der Waals surface area contributed by atoms with Crippen molar-refractivity contribution in [3.63, 3.8) is 0 Å². The quantitative estimate of drug-likeness (QED) is 0.143. The number of nitrogens with one attached hydrogen (secondary N) is 4. The Labute approximate surface area is 256 Å². The summed E-state index contributed by atoms with van der Waals surface area (Å²) < 4.78 is 36.0. The number of carbonyl (C=O) groups excluding carboxylic acids is 2. The summed E-state index contributed by atoms with van der Waals surface area (Å²) in [6, 6.07) is 8.41. The molecule has 45 heavy (non-hydrogen) atoms. The van der Waals surface area contributed by atoms with Gasteiger partial charge in [-0.25, -0.2) is 14.4 Å². The number of amides is 2. The average Bonchev–Trinajstić information content (AvgIpc) is 3.66. The fraction of sp³-hybridized carbons (Fsp3) is 0.300. The van der Waals surface area contributed by atoms with E-state index in [0.29, 0.717) is 41.2 Å². The number of imidazole rings is 1. The second-order valence-electron chi connectivity index (χ2n) is 10.5. The van der Waals surface area contributed by atoms with Crippen LogP contribution < -0.4 is 31.7 Å². The number of benzene rings is 2. The van der Waals surface area contributed by atoms with Crippen molar-refractivity contribution in [3.8, 4) is 23.1 Å². The van der Waals surface area contributed by atoms with Gasteiger partial charge in [-0.3, -0.25) is 14.0 Å². The Kier molecular flexibility index (Phi) is 9.48. The molecule has 2 aromatic heterocycles. The van der Waals surface area contributed by atoms with Gasteiger partial charge in [0, 0.05) is 54.9 Å². The van der Waals surface area contributed by atoms with Gasteiger partial charge in [0.25, 0.3) is 5.91 Å². The van der Waals surface area contributed by atoms with Crippen LogP contribution in [0.25, 0.3) is 16.9 Å². The lowest BCUT2D eigenvalue weighted by Crippen LogP contribution is -2.48. The SMILES string of the molecule is Cc1cc(Nc2nccn3c(-c4ccc(OCC#N)c(F)c4F)cnc23)ccc1C(=O)NC[C@@H](N)CNC(=O)[C@@H]1C[C@@H](O)CN1. The number of nitrogens with two attached hydrogens (primary N) is 1. The maximum absolute atomic E-state index is 14.9. The highest BCUT2D eigenvalue weighted by Crippen LogP contribution is 2.32. The molecule has 2 aromatic carbocycles. The van der Waals surface area contributed by atoms with Crippen molar-refractivity contribution in [2.45, 2.75) is 31.5 Å². The van der Waals surface area contributed by atoms with E-state index in [1.54, 1.807) is 41.8 Å². The Morgan fingerprint density at radius 2 is 2.02 bits per heavy atom. The van der Waals surface area contributed by atoms with Crippen LogP contribution in [-0.2, 0) is 4.79 Å². The number of nitriles is 1. The van der Waals surface area contributed by atoms with Crippen LogP contribution in [0.5, 0.6) is 5.75 Å². The summed E-state index contributed by atoms with van der Waals surface area (Å²) in [5.74, 6) is -2.97. The highest BCUT2D eigenvalue weighted by atomic mass is 19.2. The van der Waals surface area contributed by atoms with E-state index in [-0.39, 0.29) is 41.9 Å². The number of hydrogen-bond acceptors (Lipinski definition) is 10. The van der Waals surface area contributed by atoms with E-state index in [0.717, 1.165) is 0 Å². The number of ether oxygens (including phenoxy) is 1. The fourth-order valence-electron chi connectivity index (χ4n) is 4.95. The molecule has 0 spiro atoms. The molecule has 15 heteroatoms. The Morgan fingerprint density at radius 1 is 1.22 bits per heavy atom. The van der Waals surface area contributed by atoms with Crippen LogP contribution in [0, 0.1) is 29.9 Å². The molecule has 3 atom stereocenters. The number of aliphatic hydroxyl groups excluding tert-OH is 1. The number of aryl methyl sites for hydroxylation is 1. The molecule has 0 bridgehead atoms. The number of fused-ring (bicyclic) bond motifs is 1. The summed E-state index contributed by atoms with van der Waals surface area (Å²) >= 11 is 0. The van der Waals surface area contributed by atoms with Gasteiger partial charge in [-0.15, -0.1) is 0 Å². The van der Waals surface area contributed by atoms with Gasteiger partial charge in [-0.2, -0.15) is 9.65 Å². The third kappa shape index (κ3) is 6.99. The predicted octanol–water partition coefficient (Wildman–Crippen LogP) is 1.52. The van der Waals surface area contributed by atoms with Crippen LogP contribution in [0.3, 0.4) is 0 Å². The Hall–Kier alpha value is -5.17. The van der Waals surface area contributed by atoms with Gasteiger partial charge >= 0.3 is 0 Å². The first-order chi connectivity index (χ1) is 21.7. The molecule has 2 amide bonds. The van der Waals surface area contributed by atoms with Crippen LogP contribution in [-0.4, -0.2) is 75.7 Å². The zero-order valence-corrected chi connectivity index (χ0v) is 24.2. The molecule has 4 aromatic rings. The maximum atomic E-state index is 14.9. The second-order valence-corrected chi connectivity index (χ2v) is 10.5. The van der Waals surface area contributed by atoms with Crippen LogP contribution in [0.15, 0.2) is 48.9 Å². The smallest absolute Gasteiger partial charge is 0.251 e. The molecule has 3 heterocycles. The van der Waals surface area contributed by atoms with Gasteiger partial charge < -0.3 is 36.8 Å². The first-order valence-corrected chi connectivity index (χ1v) is 14.1. The Morgan fingerprint density at radius 3 is 2.76 bits per heavy atom. The van der Waals surface area contributed by atoms with E-state index >= 15 is 0 Å². The van der Waals surface area contributed by atoms with Crippen molar-refractivity contribution >= 4 is 29.0 Å². The molecule has 0 aliphatic carbocycles. The second kappa shape index (κ2) is 13.6. The molecule has 7 N–H and O–H groups in total. The zero-order valence-electron chi connectivity index (χ0n) is 24.2. The van der Waals surface area contributed by atoms with Crippen LogP contribution in [0.2, 0.25) is 0 Å². The summed E-state index contributed by atoms with van der Waals surface area (Å²) in [6.45, 7) is 2.01. The number of hydrogen-bond donors (Lipinski definition) is 6. The zero-order chi connectivity index (χ0) is 32.1. The lowest BCUT2D eigenvalue weighted by atomic mass is 10.1. The number of carbonyl (C=O) groups is 2. The number of anilines is 2. The van der Waals surface area contributed by atoms with Crippen molar-refractivity contribution in [2.24, 2.45) is 5.73 Å². The van der Waals surface area contributed by atoms with Gasteiger partial charge in [-0.1, -0.05) is 0 Å². The van der Waals surface area contributed by atoms with E-state index in [4.69, 9.17) is 15.7 Å². The molecule has 1 aliphatic heterocycles. The number of β-amino-alcohol motifs (C(OH)–C–C–N with tert-alkyl or cyclic N) is 1. The number of aliphatic hydroxyl groups is 1. The average molecular weight is 620 g/mol. The van der Waals surface area contributed by atoms with Gasteiger partial charge in [0.2, 0.25) is 11.7 Å². The maximum Gasteiger partial charge on any atom is 0.251 e. The number of aromatic nitrogens is 3. The first kappa shape index (κ1) is 31.3. The number of rotatable bonds is 11. The summed E-state index contributed by atoms with van der Waals surface area (Å²) in [7, 11) is 0. The van der Waals surface area contributed by atoms with Crippen molar-refractivity contribution < 1.29 is 28.2 Å². The molecule has 13 nitrogen and oxygen atoms in total. The first-order valence-electron chi connectivity index (χ1n) is 14.1. The monoisotopic (exact) mass is 619 g/mol. The molecular weight excluding hydrogens is 588 g/mol. The third-order valence-corrected chi connectivity index (χ3v) is 7.26. The molecule has 0 unspecified atom stereocenters. The van der Waals surface area contributed by atoms with Crippen LogP contribution in [0.4, 0.5) is 20.3 Å².